The molecule has 6 nitrogen and oxygen atoms in total. The van der Waals surface area contributed by atoms with Crippen molar-refractivity contribution in [1.82, 2.24) is 14.5 Å². The zero-order chi connectivity index (χ0) is 26.7. The van der Waals surface area contributed by atoms with Gasteiger partial charge in [0.1, 0.15) is 12.4 Å². The molecule has 3 aromatic carbocycles. The Morgan fingerprint density at radius 2 is 1.78 bits per heavy atom. The molecule has 0 unspecified atom stereocenters. The smallest absolute Gasteiger partial charge is 0.319 e. The molecular formula is C28H23F3N4O2. The Morgan fingerprint density at radius 3 is 2.46 bits per heavy atom. The van der Waals surface area contributed by atoms with Crippen LogP contribution in [0.15, 0.2) is 77.6 Å². The third-order valence-electron chi connectivity index (χ3n) is 6.11. The lowest BCUT2D eigenvalue weighted by molar-refractivity contribution is -0.138. The Bertz CT molecular complexity index is 1550. The number of hydrogen-bond acceptors (Lipinski definition) is 4. The van der Waals surface area contributed by atoms with Crippen LogP contribution in [0.25, 0.3) is 16.6 Å². The van der Waals surface area contributed by atoms with E-state index in [1.54, 1.807) is 43.3 Å². The van der Waals surface area contributed by atoms with Crippen LogP contribution in [-0.2, 0) is 17.4 Å². The molecule has 0 bridgehead atoms. The van der Waals surface area contributed by atoms with Gasteiger partial charge in [-0.05, 0) is 49.7 Å². The number of fused-ring (bicyclic) bond motifs is 1. The molecule has 0 saturated carbocycles. The SMILES string of the molecule is Cc1ccc(-n2c([C@@H](C)N(CC#N)C(=O)Cc3cccc(C(F)(F)F)c3)nc3ccccc3c2=O)cc1. The Hall–Kier alpha value is -4.45. The molecule has 9 heteroatoms. The van der Waals surface area contributed by atoms with Gasteiger partial charge in [-0.25, -0.2) is 4.98 Å². The van der Waals surface area contributed by atoms with E-state index in [2.05, 4.69) is 4.98 Å². The molecule has 0 radical (unpaired) electrons. The van der Waals surface area contributed by atoms with Crippen molar-refractivity contribution >= 4 is 16.8 Å². The maximum absolute atomic E-state index is 13.6. The summed E-state index contributed by atoms with van der Waals surface area (Å²) < 4.78 is 40.9. The molecule has 0 saturated heterocycles. The molecule has 188 valence electrons. The number of nitrogens with zero attached hydrogens (tertiary/aromatic N) is 4. The molecule has 1 heterocycles. The van der Waals surface area contributed by atoms with Gasteiger partial charge in [-0.2, -0.15) is 18.4 Å². The number of alkyl halides is 3. The minimum Gasteiger partial charge on any atom is -0.319 e. The Balaban J connectivity index is 1.79. The lowest BCUT2D eigenvalue weighted by Gasteiger charge is -2.29. The second-order valence-electron chi connectivity index (χ2n) is 8.69. The van der Waals surface area contributed by atoms with Crippen molar-refractivity contribution in [3.63, 3.8) is 0 Å². The number of nitriles is 1. The highest BCUT2D eigenvalue weighted by molar-refractivity contribution is 5.80. The first-order valence-corrected chi connectivity index (χ1v) is 11.5. The van der Waals surface area contributed by atoms with Gasteiger partial charge < -0.3 is 4.90 Å². The Morgan fingerprint density at radius 1 is 1.08 bits per heavy atom. The minimum atomic E-state index is -4.54. The molecular weight excluding hydrogens is 481 g/mol. The summed E-state index contributed by atoms with van der Waals surface area (Å²) in [5, 5.41) is 9.85. The molecule has 0 fully saturated rings. The van der Waals surface area contributed by atoms with E-state index in [-0.39, 0.29) is 29.9 Å². The first-order valence-electron chi connectivity index (χ1n) is 11.5. The van der Waals surface area contributed by atoms with E-state index >= 15 is 0 Å². The third kappa shape index (κ3) is 5.38. The van der Waals surface area contributed by atoms with Crippen LogP contribution in [0, 0.1) is 18.3 Å². The lowest BCUT2D eigenvalue weighted by atomic mass is 10.1. The molecule has 1 atom stereocenters. The molecule has 1 amide bonds. The molecule has 4 aromatic rings. The average molecular weight is 505 g/mol. The van der Waals surface area contributed by atoms with Crippen LogP contribution in [0.1, 0.15) is 35.5 Å². The first-order chi connectivity index (χ1) is 17.6. The molecule has 1 aromatic heterocycles. The third-order valence-corrected chi connectivity index (χ3v) is 6.11. The number of amides is 1. The van der Waals surface area contributed by atoms with Gasteiger partial charge in [0, 0.05) is 0 Å². The second-order valence-corrected chi connectivity index (χ2v) is 8.69. The topological polar surface area (TPSA) is 79.0 Å². The van der Waals surface area contributed by atoms with Crippen LogP contribution in [-0.4, -0.2) is 26.9 Å². The number of hydrogen-bond donors (Lipinski definition) is 0. The van der Waals surface area contributed by atoms with Crippen molar-refractivity contribution in [2.45, 2.75) is 32.5 Å². The molecule has 0 N–H and O–H groups in total. The molecule has 0 spiro atoms. The normalized spacial score (nSPS) is 12.2. The molecule has 4 rings (SSSR count). The molecule has 0 aliphatic carbocycles. The fourth-order valence-electron chi connectivity index (χ4n) is 4.16. The Kier molecular flexibility index (Phi) is 7.11. The van der Waals surface area contributed by atoms with Gasteiger partial charge in [0.15, 0.2) is 0 Å². The van der Waals surface area contributed by atoms with Crippen LogP contribution in [0.4, 0.5) is 13.2 Å². The van der Waals surface area contributed by atoms with Gasteiger partial charge in [0.2, 0.25) is 5.91 Å². The van der Waals surface area contributed by atoms with Crippen LogP contribution >= 0.6 is 0 Å². The molecule has 37 heavy (non-hydrogen) atoms. The van der Waals surface area contributed by atoms with E-state index in [1.165, 1.54) is 21.6 Å². The summed E-state index contributed by atoms with van der Waals surface area (Å²) in [6, 6.07) is 19.7. The van der Waals surface area contributed by atoms with Gasteiger partial charge in [-0.3, -0.25) is 14.2 Å². The summed E-state index contributed by atoms with van der Waals surface area (Å²) >= 11 is 0. The van der Waals surface area contributed by atoms with E-state index in [9.17, 15) is 28.0 Å². The molecule has 0 aliphatic heterocycles. The van der Waals surface area contributed by atoms with E-state index in [0.29, 0.717) is 16.6 Å². The fourth-order valence-corrected chi connectivity index (χ4v) is 4.16. The van der Waals surface area contributed by atoms with Crippen LogP contribution in [0.2, 0.25) is 0 Å². The van der Waals surface area contributed by atoms with Gasteiger partial charge in [0.25, 0.3) is 5.56 Å². The highest BCUT2D eigenvalue weighted by atomic mass is 19.4. The zero-order valence-corrected chi connectivity index (χ0v) is 20.2. The van der Waals surface area contributed by atoms with Crippen LogP contribution in [0.3, 0.4) is 0 Å². The monoisotopic (exact) mass is 504 g/mol. The van der Waals surface area contributed by atoms with E-state index in [4.69, 9.17) is 0 Å². The van der Waals surface area contributed by atoms with E-state index in [0.717, 1.165) is 17.7 Å². The average Bonchev–Trinajstić information content (AvgIpc) is 2.87. The maximum Gasteiger partial charge on any atom is 0.416 e. The van der Waals surface area contributed by atoms with E-state index < -0.39 is 23.7 Å². The first kappa shape index (κ1) is 25.6. The van der Waals surface area contributed by atoms with Gasteiger partial charge in [-0.15, -0.1) is 0 Å². The maximum atomic E-state index is 13.6. The summed E-state index contributed by atoms with van der Waals surface area (Å²) in [6.45, 7) is 3.22. The van der Waals surface area contributed by atoms with Crippen molar-refractivity contribution in [1.29, 1.82) is 5.26 Å². The van der Waals surface area contributed by atoms with Crippen LogP contribution in [0.5, 0.6) is 0 Å². The fraction of sp³-hybridized carbons (Fsp3) is 0.214. The predicted octanol–water partition coefficient (Wildman–Crippen LogP) is 5.37. The number of carbonyl (C=O) groups is 1. The standard InChI is InChI=1S/C28H23F3N4O2/c1-18-10-12-22(13-11-18)35-26(33-24-9-4-3-8-23(24)27(35)37)19(2)34(15-14-32)25(36)17-20-6-5-7-21(16-20)28(29,30)31/h3-13,16,19H,15,17H2,1-2H3/t19-/m1/s1. The summed E-state index contributed by atoms with van der Waals surface area (Å²) in [7, 11) is 0. The minimum absolute atomic E-state index is 0.164. The van der Waals surface area contributed by atoms with Gasteiger partial charge in [0.05, 0.1) is 40.7 Å². The second kappa shape index (κ2) is 10.3. The number of rotatable bonds is 6. The summed E-state index contributed by atoms with van der Waals surface area (Å²) in [6.07, 6.45) is -4.89. The molecule has 0 aliphatic rings. The van der Waals surface area contributed by atoms with Crippen molar-refractivity contribution < 1.29 is 18.0 Å². The number of aryl methyl sites for hydroxylation is 1. The number of halogens is 3. The number of benzene rings is 3. The van der Waals surface area contributed by atoms with Crippen LogP contribution < -0.4 is 5.56 Å². The number of aromatic nitrogens is 2. The number of carbonyl (C=O) groups excluding carboxylic acids is 1. The summed E-state index contributed by atoms with van der Waals surface area (Å²) in [5.41, 5.74) is 0.929. The Labute approximate surface area is 211 Å². The lowest BCUT2D eigenvalue weighted by Crippen LogP contribution is -2.38. The van der Waals surface area contributed by atoms with Gasteiger partial charge >= 0.3 is 6.18 Å². The summed E-state index contributed by atoms with van der Waals surface area (Å²) in [5.74, 6) is -0.327. The number of para-hydroxylation sites is 1. The van der Waals surface area contributed by atoms with Crippen molar-refractivity contribution in [2.75, 3.05) is 6.54 Å². The zero-order valence-electron chi connectivity index (χ0n) is 20.2. The van der Waals surface area contributed by atoms with Crippen molar-refractivity contribution in [2.24, 2.45) is 0 Å². The van der Waals surface area contributed by atoms with E-state index in [1.807, 2.05) is 25.1 Å². The quantitative estimate of drug-likeness (QED) is 0.331. The highest BCUT2D eigenvalue weighted by Crippen LogP contribution is 2.30. The predicted molar refractivity (Wildman–Crippen MR) is 133 cm³/mol. The van der Waals surface area contributed by atoms with Gasteiger partial charge in [-0.1, -0.05) is 48.0 Å². The largest absolute Gasteiger partial charge is 0.416 e. The highest BCUT2D eigenvalue weighted by Gasteiger charge is 2.31. The van der Waals surface area contributed by atoms with Crippen molar-refractivity contribution in [3.8, 4) is 11.8 Å². The summed E-state index contributed by atoms with van der Waals surface area (Å²) in [4.78, 5) is 32.8. The van der Waals surface area contributed by atoms with Crippen molar-refractivity contribution in [3.05, 3.63) is 106 Å².